The smallest absolute Gasteiger partial charge is 0.0489 e. The molecule has 1 aliphatic heterocycles. The second-order valence-corrected chi connectivity index (χ2v) is 6.00. The number of aliphatic hydroxyl groups is 1. The quantitative estimate of drug-likeness (QED) is 0.590. The molecule has 108 valence electrons. The fraction of sp³-hybridized carbons (Fsp3) is 1.00. The normalized spacial score (nSPS) is 19.0. The van der Waals surface area contributed by atoms with Crippen LogP contribution >= 0.6 is 0 Å². The van der Waals surface area contributed by atoms with Gasteiger partial charge in [0.15, 0.2) is 0 Å². The van der Waals surface area contributed by atoms with Gasteiger partial charge in [-0.3, -0.25) is 0 Å². The summed E-state index contributed by atoms with van der Waals surface area (Å²) in [6.45, 7) is 4.31. The van der Waals surface area contributed by atoms with Crippen molar-refractivity contribution in [1.82, 2.24) is 0 Å². The minimum Gasteiger partial charge on any atom is -0.396 e. The standard InChI is InChI=1S/C16H32O2/c1-2-3-4-5-6-7-8-9-10-16(15-17)11-13-18-14-12-16/h17H,2-15H2,1H3. The van der Waals surface area contributed by atoms with Crippen LogP contribution in [0, 0.1) is 5.41 Å². The Morgan fingerprint density at radius 2 is 1.44 bits per heavy atom. The average Bonchev–Trinajstić information content (AvgIpc) is 2.43. The molecule has 0 unspecified atom stereocenters. The Balaban J connectivity index is 1.98. The summed E-state index contributed by atoms with van der Waals surface area (Å²) in [5.41, 5.74) is 0.195. The monoisotopic (exact) mass is 256 g/mol. The van der Waals surface area contributed by atoms with Crippen LogP contribution in [0.15, 0.2) is 0 Å². The molecule has 0 aromatic rings. The van der Waals surface area contributed by atoms with Gasteiger partial charge in [-0.15, -0.1) is 0 Å². The molecule has 0 amide bonds. The van der Waals surface area contributed by atoms with Crippen molar-refractivity contribution < 1.29 is 9.84 Å². The van der Waals surface area contributed by atoms with Gasteiger partial charge in [-0.2, -0.15) is 0 Å². The Labute approximate surface area is 113 Å². The van der Waals surface area contributed by atoms with Crippen LogP contribution in [0.2, 0.25) is 0 Å². The summed E-state index contributed by atoms with van der Waals surface area (Å²) >= 11 is 0. The summed E-state index contributed by atoms with van der Waals surface area (Å²) in [6, 6.07) is 0. The highest BCUT2D eigenvalue weighted by molar-refractivity contribution is 4.81. The van der Waals surface area contributed by atoms with Crippen LogP contribution < -0.4 is 0 Å². The van der Waals surface area contributed by atoms with Crippen LogP contribution in [-0.4, -0.2) is 24.9 Å². The Morgan fingerprint density at radius 3 is 2.00 bits per heavy atom. The van der Waals surface area contributed by atoms with Gasteiger partial charge in [0.1, 0.15) is 0 Å². The molecule has 1 N–H and O–H groups in total. The van der Waals surface area contributed by atoms with Crippen molar-refractivity contribution in [2.24, 2.45) is 5.41 Å². The maximum atomic E-state index is 9.59. The molecule has 0 aromatic carbocycles. The van der Waals surface area contributed by atoms with Gasteiger partial charge in [-0.25, -0.2) is 0 Å². The maximum Gasteiger partial charge on any atom is 0.0489 e. The highest BCUT2D eigenvalue weighted by Gasteiger charge is 2.30. The van der Waals surface area contributed by atoms with Crippen LogP contribution in [0.1, 0.15) is 77.6 Å². The van der Waals surface area contributed by atoms with E-state index < -0.39 is 0 Å². The van der Waals surface area contributed by atoms with Gasteiger partial charge in [0, 0.05) is 19.8 Å². The summed E-state index contributed by atoms with van der Waals surface area (Å²) in [4.78, 5) is 0. The molecule has 0 radical (unpaired) electrons. The zero-order valence-corrected chi connectivity index (χ0v) is 12.3. The number of rotatable bonds is 10. The van der Waals surface area contributed by atoms with Crippen molar-refractivity contribution in [2.45, 2.75) is 77.6 Å². The van der Waals surface area contributed by atoms with Crippen molar-refractivity contribution in [3.8, 4) is 0 Å². The van der Waals surface area contributed by atoms with E-state index in [1.54, 1.807) is 0 Å². The molecule has 1 saturated heterocycles. The van der Waals surface area contributed by atoms with E-state index in [-0.39, 0.29) is 5.41 Å². The van der Waals surface area contributed by atoms with Gasteiger partial charge < -0.3 is 9.84 Å². The summed E-state index contributed by atoms with van der Waals surface area (Å²) in [7, 11) is 0. The van der Waals surface area contributed by atoms with Crippen molar-refractivity contribution in [3.05, 3.63) is 0 Å². The SMILES string of the molecule is CCCCCCCCCCC1(CO)CCOCC1. The van der Waals surface area contributed by atoms with E-state index in [1.807, 2.05) is 0 Å². The number of ether oxygens (including phenoxy) is 1. The van der Waals surface area contributed by atoms with Crippen LogP contribution in [-0.2, 0) is 4.74 Å². The van der Waals surface area contributed by atoms with Crippen LogP contribution in [0.25, 0.3) is 0 Å². The molecule has 1 heterocycles. The summed E-state index contributed by atoms with van der Waals surface area (Å²) in [6.07, 6.45) is 14.3. The van der Waals surface area contributed by atoms with E-state index >= 15 is 0 Å². The highest BCUT2D eigenvalue weighted by Crippen LogP contribution is 2.35. The van der Waals surface area contributed by atoms with Crippen molar-refractivity contribution >= 4 is 0 Å². The van der Waals surface area contributed by atoms with E-state index in [0.29, 0.717) is 6.61 Å². The van der Waals surface area contributed by atoms with Crippen molar-refractivity contribution in [2.75, 3.05) is 19.8 Å². The molecule has 1 fully saturated rings. The third-order valence-electron chi connectivity index (χ3n) is 4.45. The molecular weight excluding hydrogens is 224 g/mol. The van der Waals surface area contributed by atoms with Crippen molar-refractivity contribution in [3.63, 3.8) is 0 Å². The predicted octanol–water partition coefficient (Wildman–Crippen LogP) is 4.31. The van der Waals surface area contributed by atoms with E-state index in [2.05, 4.69) is 6.92 Å². The zero-order chi connectivity index (χ0) is 13.1. The topological polar surface area (TPSA) is 29.5 Å². The minimum absolute atomic E-state index is 0.195. The van der Waals surface area contributed by atoms with E-state index in [1.165, 1.54) is 57.8 Å². The van der Waals surface area contributed by atoms with Gasteiger partial charge in [0.05, 0.1) is 0 Å². The zero-order valence-electron chi connectivity index (χ0n) is 12.3. The summed E-state index contributed by atoms with van der Waals surface area (Å²) in [5, 5.41) is 9.59. The second kappa shape index (κ2) is 9.80. The first-order valence-corrected chi connectivity index (χ1v) is 8.01. The average molecular weight is 256 g/mol. The first kappa shape index (κ1) is 16.0. The lowest BCUT2D eigenvalue weighted by Crippen LogP contribution is -2.32. The molecule has 2 nitrogen and oxygen atoms in total. The molecule has 0 spiro atoms. The Morgan fingerprint density at radius 1 is 0.889 bits per heavy atom. The first-order valence-electron chi connectivity index (χ1n) is 8.01. The first-order chi connectivity index (χ1) is 8.83. The van der Waals surface area contributed by atoms with Gasteiger partial charge >= 0.3 is 0 Å². The van der Waals surface area contributed by atoms with Gasteiger partial charge in [0.25, 0.3) is 0 Å². The summed E-state index contributed by atoms with van der Waals surface area (Å²) < 4.78 is 5.40. The van der Waals surface area contributed by atoms with Gasteiger partial charge in [-0.1, -0.05) is 58.3 Å². The lowest BCUT2D eigenvalue weighted by molar-refractivity contribution is -0.0218. The minimum atomic E-state index is 0.195. The Bertz CT molecular complexity index is 186. The van der Waals surface area contributed by atoms with E-state index in [9.17, 15) is 5.11 Å². The van der Waals surface area contributed by atoms with Crippen LogP contribution in [0.3, 0.4) is 0 Å². The van der Waals surface area contributed by atoms with Gasteiger partial charge in [0.2, 0.25) is 0 Å². The lowest BCUT2D eigenvalue weighted by atomic mass is 9.76. The molecule has 0 aromatic heterocycles. The number of hydrogen-bond donors (Lipinski definition) is 1. The highest BCUT2D eigenvalue weighted by atomic mass is 16.5. The molecular formula is C16H32O2. The Kier molecular flexibility index (Phi) is 8.70. The third kappa shape index (κ3) is 6.19. The number of aliphatic hydroxyl groups excluding tert-OH is 1. The molecule has 1 rings (SSSR count). The fourth-order valence-corrected chi connectivity index (χ4v) is 2.93. The van der Waals surface area contributed by atoms with Gasteiger partial charge in [-0.05, 0) is 24.7 Å². The maximum absolute atomic E-state index is 9.59. The summed E-state index contributed by atoms with van der Waals surface area (Å²) in [5.74, 6) is 0. The van der Waals surface area contributed by atoms with E-state index in [4.69, 9.17) is 4.74 Å². The molecule has 0 atom stereocenters. The fourth-order valence-electron chi connectivity index (χ4n) is 2.93. The number of unbranched alkanes of at least 4 members (excludes halogenated alkanes) is 7. The molecule has 0 saturated carbocycles. The van der Waals surface area contributed by atoms with Crippen LogP contribution in [0.4, 0.5) is 0 Å². The van der Waals surface area contributed by atoms with Crippen molar-refractivity contribution in [1.29, 1.82) is 0 Å². The van der Waals surface area contributed by atoms with Crippen LogP contribution in [0.5, 0.6) is 0 Å². The third-order valence-corrected chi connectivity index (χ3v) is 4.45. The second-order valence-electron chi connectivity index (χ2n) is 6.00. The van der Waals surface area contributed by atoms with E-state index in [0.717, 1.165) is 26.1 Å². The molecule has 0 aliphatic carbocycles. The molecule has 1 aliphatic rings. The molecule has 0 bridgehead atoms. The molecule has 18 heavy (non-hydrogen) atoms. The largest absolute Gasteiger partial charge is 0.396 e. The Hall–Kier alpha value is -0.0800. The molecule has 2 heteroatoms. The lowest BCUT2D eigenvalue weighted by Gasteiger charge is -2.35. The predicted molar refractivity (Wildman–Crippen MR) is 76.8 cm³/mol. The number of hydrogen-bond acceptors (Lipinski definition) is 2.